The van der Waals surface area contributed by atoms with Gasteiger partial charge in [0.2, 0.25) is 0 Å². The monoisotopic (exact) mass is 366 g/mol. The number of hydrogen-bond acceptors (Lipinski definition) is 3. The van der Waals surface area contributed by atoms with Crippen LogP contribution in [0.25, 0.3) is 0 Å². The van der Waals surface area contributed by atoms with Gasteiger partial charge in [-0.25, -0.2) is 0 Å². The Morgan fingerprint density at radius 3 is 2.40 bits per heavy atom. The van der Waals surface area contributed by atoms with E-state index in [1.54, 1.807) is 12.1 Å². The molecule has 2 aliphatic rings. The van der Waals surface area contributed by atoms with E-state index in [9.17, 15) is 8.42 Å². The molecule has 0 saturated carbocycles. The van der Waals surface area contributed by atoms with E-state index in [2.05, 4.69) is 9.30 Å². The molecule has 138 valence electrons. The lowest BCUT2D eigenvalue weighted by Crippen LogP contribution is -3.15. The maximum atomic E-state index is 12.8. The number of sulfonamides is 1. The lowest BCUT2D eigenvalue weighted by Gasteiger charge is -2.32. The zero-order valence-corrected chi connectivity index (χ0v) is 15.7. The minimum absolute atomic E-state index is 0.268. The summed E-state index contributed by atoms with van der Waals surface area (Å²) in [6, 6.07) is 6.92. The van der Waals surface area contributed by atoms with E-state index >= 15 is 0 Å². The van der Waals surface area contributed by atoms with E-state index in [4.69, 9.17) is 4.74 Å². The number of aryl methyl sites for hydroxylation is 1. The van der Waals surface area contributed by atoms with Crippen molar-refractivity contribution in [3.8, 4) is 0 Å². The number of quaternary nitrogens is 1. The molecule has 7 heteroatoms. The Morgan fingerprint density at radius 1 is 1.12 bits per heavy atom. The van der Waals surface area contributed by atoms with E-state index in [0.29, 0.717) is 12.4 Å². The number of ether oxygens (including phenoxy) is 1. The molecular weight excluding hydrogens is 338 g/mol. The van der Waals surface area contributed by atoms with Gasteiger partial charge in [-0.2, -0.15) is 8.42 Å². The quantitative estimate of drug-likeness (QED) is 0.622. The molecule has 0 aromatic heterocycles. The van der Waals surface area contributed by atoms with E-state index in [1.165, 1.54) is 11.3 Å². The van der Waals surface area contributed by atoms with E-state index < -0.39 is 10.0 Å². The maximum absolute atomic E-state index is 12.8. The number of likely N-dealkylation sites (tertiary alicyclic amines) is 1. The molecule has 6 nitrogen and oxygen atoms in total. The van der Waals surface area contributed by atoms with Gasteiger partial charge >= 0.3 is 0 Å². The van der Waals surface area contributed by atoms with Crippen LogP contribution in [0.15, 0.2) is 33.6 Å². The molecule has 2 fully saturated rings. The van der Waals surface area contributed by atoms with Gasteiger partial charge in [0.1, 0.15) is 19.6 Å². The van der Waals surface area contributed by atoms with Crippen molar-refractivity contribution < 1.29 is 18.1 Å². The first-order valence-electron chi connectivity index (χ1n) is 9.11. The average Bonchev–Trinajstić information content (AvgIpc) is 2.63. The lowest BCUT2D eigenvalue weighted by molar-refractivity contribution is -0.899. The average molecular weight is 367 g/mol. The van der Waals surface area contributed by atoms with Crippen molar-refractivity contribution in [2.24, 2.45) is 4.40 Å². The van der Waals surface area contributed by atoms with Crippen molar-refractivity contribution in [3.05, 3.63) is 29.8 Å². The number of amidine groups is 1. The summed E-state index contributed by atoms with van der Waals surface area (Å²) in [5.74, 6) is 0.706. The lowest BCUT2D eigenvalue weighted by atomic mass is 10.1. The number of hydrogen-bond donors (Lipinski definition) is 1. The minimum atomic E-state index is -3.67. The smallest absolute Gasteiger partial charge is 0.284 e. The molecule has 0 unspecified atom stereocenters. The Kier molecular flexibility index (Phi) is 6.09. The Bertz CT molecular complexity index is 689. The van der Waals surface area contributed by atoms with Crippen molar-refractivity contribution in [2.75, 3.05) is 45.9 Å². The second-order valence-electron chi connectivity index (χ2n) is 6.88. The number of nitrogens with zero attached hydrogens (tertiary/aromatic N) is 2. The number of benzene rings is 1. The number of morpholine rings is 1. The van der Waals surface area contributed by atoms with Gasteiger partial charge in [-0.05, 0) is 38.3 Å². The fourth-order valence-electron chi connectivity index (χ4n) is 3.32. The van der Waals surface area contributed by atoms with Crippen molar-refractivity contribution in [1.82, 2.24) is 4.90 Å². The summed E-state index contributed by atoms with van der Waals surface area (Å²) in [4.78, 5) is 3.77. The molecule has 0 radical (unpaired) electrons. The van der Waals surface area contributed by atoms with Gasteiger partial charge in [0.25, 0.3) is 10.0 Å². The molecule has 2 heterocycles. The fourth-order valence-corrected chi connectivity index (χ4v) is 4.36. The first-order chi connectivity index (χ1) is 12.0. The van der Waals surface area contributed by atoms with Crippen LogP contribution in [0, 0.1) is 6.92 Å². The Hall–Kier alpha value is -1.44. The highest BCUT2D eigenvalue weighted by molar-refractivity contribution is 7.90. The third-order valence-corrected chi connectivity index (χ3v) is 6.19. The Balaban J connectivity index is 1.85. The van der Waals surface area contributed by atoms with E-state index in [0.717, 1.165) is 57.8 Å². The summed E-state index contributed by atoms with van der Waals surface area (Å²) in [6.45, 7) is 7.64. The van der Waals surface area contributed by atoms with Crippen molar-refractivity contribution in [1.29, 1.82) is 0 Å². The summed E-state index contributed by atoms with van der Waals surface area (Å²) in [6.07, 6.45) is 3.41. The third kappa shape index (κ3) is 5.03. The summed E-state index contributed by atoms with van der Waals surface area (Å²) < 4.78 is 35.3. The Labute approximate surface area is 150 Å². The molecule has 0 atom stereocenters. The predicted octanol–water partition coefficient (Wildman–Crippen LogP) is 0.483. The summed E-state index contributed by atoms with van der Waals surface area (Å²) in [5.41, 5.74) is 1.04. The SMILES string of the molecule is Cc1ccc(S(=O)(=O)N=C(C[NH+]2CCOCC2)N2CCCCC2)cc1. The highest BCUT2D eigenvalue weighted by Gasteiger charge is 2.25. The van der Waals surface area contributed by atoms with E-state index in [1.807, 2.05) is 19.1 Å². The molecular formula is C18H28N3O3S+. The molecule has 0 spiro atoms. The largest absolute Gasteiger partial charge is 0.370 e. The van der Waals surface area contributed by atoms with Crippen molar-refractivity contribution in [2.45, 2.75) is 31.1 Å². The van der Waals surface area contributed by atoms with Gasteiger partial charge in [0.05, 0.1) is 18.1 Å². The molecule has 0 bridgehead atoms. The van der Waals surface area contributed by atoms with Gasteiger partial charge in [-0.1, -0.05) is 17.7 Å². The fraction of sp³-hybridized carbons (Fsp3) is 0.611. The highest BCUT2D eigenvalue weighted by Crippen LogP contribution is 2.15. The van der Waals surface area contributed by atoms with Crippen LogP contribution in [-0.2, 0) is 14.8 Å². The minimum Gasteiger partial charge on any atom is -0.370 e. The van der Waals surface area contributed by atoms with Crippen molar-refractivity contribution >= 4 is 15.9 Å². The van der Waals surface area contributed by atoms with Crippen LogP contribution in [0.2, 0.25) is 0 Å². The molecule has 2 aliphatic heterocycles. The summed E-state index contributed by atoms with van der Waals surface area (Å²) in [5, 5.41) is 0. The number of nitrogens with one attached hydrogen (secondary N) is 1. The number of rotatable bonds is 4. The van der Waals surface area contributed by atoms with Crippen LogP contribution in [0.4, 0.5) is 0 Å². The molecule has 3 rings (SSSR count). The topological polar surface area (TPSA) is 63.4 Å². The molecule has 25 heavy (non-hydrogen) atoms. The zero-order chi connectivity index (χ0) is 17.7. The van der Waals surface area contributed by atoms with Crippen LogP contribution in [0.3, 0.4) is 0 Å². The molecule has 0 aliphatic carbocycles. The first kappa shape index (κ1) is 18.4. The summed E-state index contributed by atoms with van der Waals surface area (Å²) >= 11 is 0. The van der Waals surface area contributed by atoms with Crippen LogP contribution in [0.5, 0.6) is 0 Å². The normalized spacial score (nSPS) is 20.7. The van der Waals surface area contributed by atoms with Crippen LogP contribution >= 0.6 is 0 Å². The molecule has 1 aromatic rings. The van der Waals surface area contributed by atoms with Crippen LogP contribution in [0.1, 0.15) is 24.8 Å². The molecule has 2 saturated heterocycles. The zero-order valence-electron chi connectivity index (χ0n) is 14.9. The van der Waals surface area contributed by atoms with E-state index in [-0.39, 0.29) is 4.90 Å². The molecule has 1 aromatic carbocycles. The Morgan fingerprint density at radius 2 is 1.76 bits per heavy atom. The number of piperidine rings is 1. The van der Waals surface area contributed by atoms with Crippen LogP contribution < -0.4 is 4.90 Å². The second kappa shape index (κ2) is 8.29. The molecule has 1 N–H and O–H groups in total. The van der Waals surface area contributed by atoms with Gasteiger partial charge in [0.15, 0.2) is 5.84 Å². The highest BCUT2D eigenvalue weighted by atomic mass is 32.2. The van der Waals surface area contributed by atoms with Gasteiger partial charge in [0, 0.05) is 13.1 Å². The third-order valence-electron chi connectivity index (χ3n) is 4.87. The van der Waals surface area contributed by atoms with Crippen LogP contribution in [-0.4, -0.2) is 65.1 Å². The first-order valence-corrected chi connectivity index (χ1v) is 10.6. The molecule has 0 amide bonds. The second-order valence-corrected chi connectivity index (χ2v) is 8.49. The van der Waals surface area contributed by atoms with Gasteiger partial charge < -0.3 is 14.5 Å². The van der Waals surface area contributed by atoms with Crippen molar-refractivity contribution in [3.63, 3.8) is 0 Å². The predicted molar refractivity (Wildman–Crippen MR) is 97.6 cm³/mol. The maximum Gasteiger partial charge on any atom is 0.284 e. The van der Waals surface area contributed by atoms with Gasteiger partial charge in [-0.3, -0.25) is 0 Å². The standard InChI is InChI=1S/C18H27N3O3S/c1-16-5-7-17(8-6-16)25(22,23)19-18(21-9-3-2-4-10-21)15-20-11-13-24-14-12-20/h5-8H,2-4,9-15H2,1H3/p+1. The summed E-state index contributed by atoms with van der Waals surface area (Å²) in [7, 11) is -3.67. The van der Waals surface area contributed by atoms with Gasteiger partial charge in [-0.15, -0.1) is 4.40 Å².